The second-order valence-electron chi connectivity index (χ2n) is 6.88. The van der Waals surface area contributed by atoms with Gasteiger partial charge in [-0.1, -0.05) is 42.5 Å². The molecule has 0 saturated carbocycles. The summed E-state index contributed by atoms with van der Waals surface area (Å²) in [6.45, 7) is -0.0300. The van der Waals surface area contributed by atoms with E-state index in [9.17, 15) is 10.4 Å². The molecule has 1 aliphatic rings. The van der Waals surface area contributed by atoms with E-state index in [2.05, 4.69) is 20.6 Å². The average molecular weight is 410 g/mol. The Labute approximate surface area is 178 Å². The lowest BCUT2D eigenvalue weighted by Crippen LogP contribution is -2.32. The summed E-state index contributed by atoms with van der Waals surface area (Å²) >= 11 is 0. The van der Waals surface area contributed by atoms with Gasteiger partial charge in [0, 0.05) is 5.56 Å². The molecule has 0 bridgehead atoms. The summed E-state index contributed by atoms with van der Waals surface area (Å²) in [6, 6.07) is 16.7. The van der Waals surface area contributed by atoms with Crippen LogP contribution in [0.1, 0.15) is 28.3 Å². The van der Waals surface area contributed by atoms with Gasteiger partial charge in [0.25, 0.3) is 0 Å². The quantitative estimate of drug-likeness (QED) is 0.323. The Bertz CT molecular complexity index is 1270. The molecule has 0 spiro atoms. The first-order chi connectivity index (χ1) is 15.0. The third-order valence-corrected chi connectivity index (χ3v) is 5.03. The van der Waals surface area contributed by atoms with E-state index in [0.717, 1.165) is 22.3 Å². The number of anilines is 3. The van der Waals surface area contributed by atoms with Crippen molar-refractivity contribution in [1.29, 1.82) is 10.5 Å². The van der Waals surface area contributed by atoms with Gasteiger partial charge in [0.15, 0.2) is 6.19 Å². The van der Waals surface area contributed by atoms with E-state index in [1.165, 1.54) is 0 Å². The summed E-state index contributed by atoms with van der Waals surface area (Å²) in [5.74, 6) is 0.546. The van der Waals surface area contributed by atoms with Crippen molar-refractivity contribution in [3.05, 3.63) is 70.8 Å². The third kappa shape index (κ3) is 3.57. The Morgan fingerprint density at radius 2 is 1.87 bits per heavy atom. The Hall–Kier alpha value is -4.60. The van der Waals surface area contributed by atoms with Crippen molar-refractivity contribution in [3.8, 4) is 23.4 Å². The van der Waals surface area contributed by atoms with Crippen molar-refractivity contribution < 1.29 is 5.11 Å². The summed E-state index contributed by atoms with van der Waals surface area (Å²) in [6.07, 6.45) is 1.83. The molecule has 1 atom stereocenters. The van der Waals surface area contributed by atoms with Crippen molar-refractivity contribution >= 4 is 23.3 Å². The number of nitrogens with one attached hydrogen (secondary N) is 2. The number of hydrogen-bond acceptors (Lipinski definition) is 9. The zero-order valence-electron chi connectivity index (χ0n) is 16.3. The number of nitrogen functional groups attached to an aromatic ring is 2. The van der Waals surface area contributed by atoms with Gasteiger partial charge in [0.1, 0.15) is 29.3 Å². The molecule has 2 aromatic carbocycles. The molecular weight excluding hydrogens is 392 g/mol. The van der Waals surface area contributed by atoms with Gasteiger partial charge in [-0.2, -0.15) is 10.5 Å². The maximum absolute atomic E-state index is 9.42. The molecule has 2 heterocycles. The minimum atomic E-state index is -0.592. The number of nitriles is 2. The predicted molar refractivity (Wildman–Crippen MR) is 117 cm³/mol. The molecule has 0 aliphatic carbocycles. The highest BCUT2D eigenvalue weighted by molar-refractivity contribution is 5.98. The highest BCUT2D eigenvalue weighted by atomic mass is 16.3. The number of nitrogens with two attached hydrogens (primary N) is 2. The number of aliphatic imine (C=N–C) groups is 1. The second kappa shape index (κ2) is 8.03. The average Bonchev–Trinajstić information content (AvgIpc) is 2.79. The van der Waals surface area contributed by atoms with E-state index in [-0.39, 0.29) is 29.6 Å². The zero-order chi connectivity index (χ0) is 22.0. The molecule has 1 aliphatic heterocycles. The fraction of sp³-hybridized carbons (Fsp3) is 0.0909. The summed E-state index contributed by atoms with van der Waals surface area (Å²) in [5, 5.41) is 33.2. The van der Waals surface area contributed by atoms with Gasteiger partial charge < -0.3 is 21.9 Å². The first-order valence-electron chi connectivity index (χ1n) is 9.34. The molecule has 3 aromatic rings. The van der Waals surface area contributed by atoms with Crippen LogP contribution in [0.5, 0.6) is 0 Å². The number of pyridine rings is 1. The van der Waals surface area contributed by atoms with Gasteiger partial charge >= 0.3 is 0 Å². The smallest absolute Gasteiger partial charge is 0.211 e. The van der Waals surface area contributed by atoms with Crippen LogP contribution in [0.2, 0.25) is 0 Å². The summed E-state index contributed by atoms with van der Waals surface area (Å²) in [7, 11) is 0. The van der Waals surface area contributed by atoms with E-state index < -0.39 is 6.04 Å². The lowest BCUT2D eigenvalue weighted by Gasteiger charge is -2.26. The number of benzene rings is 2. The highest BCUT2D eigenvalue weighted by Crippen LogP contribution is 2.40. The van der Waals surface area contributed by atoms with E-state index in [0.29, 0.717) is 11.4 Å². The standard InChI is InChI=1S/C22H18N8O/c23-9-16-18(25)17-19(28-22(27-11-24)30-21(17)29-20(16)26)14-6-4-13(5-7-14)15-3-1-2-12(8-15)10-31/h1-8,19,31H,10H2,(H6,25,26,27,28,29,30). The molecule has 31 heavy (non-hydrogen) atoms. The van der Waals surface area contributed by atoms with E-state index in [4.69, 9.17) is 16.7 Å². The van der Waals surface area contributed by atoms with E-state index in [1.54, 1.807) is 0 Å². The Balaban J connectivity index is 1.80. The molecule has 9 nitrogen and oxygen atoms in total. The summed E-state index contributed by atoms with van der Waals surface area (Å²) in [5.41, 5.74) is 16.5. The molecule has 0 fully saturated rings. The number of guanidine groups is 1. The number of nitrogens with zero attached hydrogens (tertiary/aromatic N) is 4. The van der Waals surface area contributed by atoms with Gasteiger partial charge in [-0.15, -0.1) is 0 Å². The Morgan fingerprint density at radius 1 is 1.10 bits per heavy atom. The normalized spacial score (nSPS) is 14.4. The van der Waals surface area contributed by atoms with Gasteiger partial charge in [0.2, 0.25) is 5.96 Å². The van der Waals surface area contributed by atoms with Crippen molar-refractivity contribution in [2.45, 2.75) is 12.6 Å². The van der Waals surface area contributed by atoms with Crippen LogP contribution in [0.4, 0.5) is 17.3 Å². The second-order valence-corrected chi connectivity index (χ2v) is 6.88. The predicted octanol–water partition coefficient (Wildman–Crippen LogP) is 2.22. The molecule has 152 valence electrons. The number of aromatic nitrogens is 1. The minimum absolute atomic E-state index is 0.00215. The Morgan fingerprint density at radius 3 is 2.55 bits per heavy atom. The molecular formula is C22H18N8O. The van der Waals surface area contributed by atoms with E-state index >= 15 is 0 Å². The maximum Gasteiger partial charge on any atom is 0.211 e. The first-order valence-corrected chi connectivity index (χ1v) is 9.34. The van der Waals surface area contributed by atoms with Crippen LogP contribution in [0.15, 0.2) is 53.5 Å². The van der Waals surface area contributed by atoms with Crippen LogP contribution in [-0.2, 0) is 6.61 Å². The highest BCUT2D eigenvalue weighted by Gasteiger charge is 2.29. The molecule has 9 heteroatoms. The number of aliphatic hydroxyl groups excluding tert-OH is 1. The van der Waals surface area contributed by atoms with Crippen LogP contribution < -0.4 is 22.1 Å². The van der Waals surface area contributed by atoms with Crippen molar-refractivity contribution in [3.63, 3.8) is 0 Å². The lowest BCUT2D eigenvalue weighted by molar-refractivity contribution is 0.282. The number of rotatable bonds is 3. The van der Waals surface area contributed by atoms with Crippen LogP contribution in [0.25, 0.3) is 11.1 Å². The van der Waals surface area contributed by atoms with Crippen molar-refractivity contribution in [1.82, 2.24) is 10.3 Å². The van der Waals surface area contributed by atoms with Gasteiger partial charge in [-0.05, 0) is 28.3 Å². The molecule has 0 amide bonds. The van der Waals surface area contributed by atoms with Crippen LogP contribution in [-0.4, -0.2) is 16.1 Å². The minimum Gasteiger partial charge on any atom is -0.397 e. The largest absolute Gasteiger partial charge is 0.397 e. The third-order valence-electron chi connectivity index (χ3n) is 5.03. The fourth-order valence-electron chi connectivity index (χ4n) is 3.53. The molecule has 1 aromatic heterocycles. The molecule has 7 N–H and O–H groups in total. The number of aliphatic hydroxyl groups is 1. The van der Waals surface area contributed by atoms with E-state index in [1.807, 2.05) is 60.8 Å². The van der Waals surface area contributed by atoms with Gasteiger partial charge in [0.05, 0.1) is 12.3 Å². The molecule has 1 unspecified atom stereocenters. The van der Waals surface area contributed by atoms with Crippen LogP contribution in [0.3, 0.4) is 0 Å². The lowest BCUT2D eigenvalue weighted by atomic mass is 9.93. The SMILES string of the molecule is N#CNC1=NC(c2ccc(-c3cccc(CO)c3)cc2)c2c(nc(N)c(C#N)c2N)N1. The van der Waals surface area contributed by atoms with Crippen molar-refractivity contribution in [2.75, 3.05) is 16.8 Å². The molecule has 0 radical (unpaired) electrons. The molecule has 4 rings (SSSR count). The zero-order valence-corrected chi connectivity index (χ0v) is 16.3. The van der Waals surface area contributed by atoms with Gasteiger partial charge in [-0.25, -0.2) is 9.98 Å². The molecule has 0 saturated heterocycles. The fourth-order valence-corrected chi connectivity index (χ4v) is 3.53. The Kier molecular flexibility index (Phi) is 5.10. The monoisotopic (exact) mass is 410 g/mol. The first kappa shape index (κ1) is 19.7. The van der Waals surface area contributed by atoms with Crippen molar-refractivity contribution in [2.24, 2.45) is 4.99 Å². The topological polar surface area (TPSA) is 169 Å². The summed E-state index contributed by atoms with van der Waals surface area (Å²) < 4.78 is 0. The number of fused-ring (bicyclic) bond motifs is 1. The number of hydrogen-bond donors (Lipinski definition) is 5. The summed E-state index contributed by atoms with van der Waals surface area (Å²) in [4.78, 5) is 8.80. The van der Waals surface area contributed by atoms with Crippen LogP contribution >= 0.6 is 0 Å². The van der Waals surface area contributed by atoms with Gasteiger partial charge in [-0.3, -0.25) is 5.32 Å². The van der Waals surface area contributed by atoms with Crippen LogP contribution in [0, 0.1) is 22.8 Å². The maximum atomic E-state index is 9.42.